The lowest BCUT2D eigenvalue weighted by molar-refractivity contribution is 0.0591. The predicted molar refractivity (Wildman–Crippen MR) is 90.7 cm³/mol. The molecule has 21 heavy (non-hydrogen) atoms. The summed E-state index contributed by atoms with van der Waals surface area (Å²) in [5.74, 6) is 0. The molecule has 0 unspecified atom stereocenters. The molecule has 1 heterocycles. The molecule has 0 bridgehead atoms. The minimum absolute atomic E-state index is 0.307. The van der Waals surface area contributed by atoms with Crippen LogP contribution in [0.3, 0.4) is 0 Å². The van der Waals surface area contributed by atoms with Gasteiger partial charge in [-0.25, -0.2) is 0 Å². The van der Waals surface area contributed by atoms with Gasteiger partial charge in [-0.2, -0.15) is 0 Å². The average molecular weight is 289 g/mol. The van der Waals surface area contributed by atoms with E-state index in [0.29, 0.717) is 5.54 Å². The van der Waals surface area contributed by atoms with Gasteiger partial charge in [-0.3, -0.25) is 9.80 Å². The molecule has 0 spiro atoms. The molecule has 0 amide bonds. The Kier molecular flexibility index (Phi) is 5.80. The van der Waals surface area contributed by atoms with Crippen molar-refractivity contribution in [2.75, 3.05) is 39.8 Å². The summed E-state index contributed by atoms with van der Waals surface area (Å²) in [5, 5.41) is 3.20. The van der Waals surface area contributed by atoms with Crippen LogP contribution >= 0.6 is 0 Å². The van der Waals surface area contributed by atoms with Gasteiger partial charge in [-0.15, -0.1) is 0 Å². The molecule has 0 aromatic heterocycles. The normalized spacial score (nSPS) is 18.1. The third-order valence-electron chi connectivity index (χ3n) is 4.41. The molecule has 0 aliphatic carbocycles. The van der Waals surface area contributed by atoms with Gasteiger partial charge in [0.2, 0.25) is 0 Å². The van der Waals surface area contributed by atoms with Crippen LogP contribution in [0.25, 0.3) is 0 Å². The van der Waals surface area contributed by atoms with E-state index < -0.39 is 0 Å². The van der Waals surface area contributed by atoms with E-state index in [0.717, 1.165) is 19.5 Å². The highest BCUT2D eigenvalue weighted by atomic mass is 15.3. The topological polar surface area (TPSA) is 18.5 Å². The Balaban J connectivity index is 1.80. The van der Waals surface area contributed by atoms with Gasteiger partial charge in [0, 0.05) is 38.3 Å². The summed E-state index contributed by atoms with van der Waals surface area (Å²) >= 11 is 0. The third-order valence-corrected chi connectivity index (χ3v) is 4.41. The molecule has 1 saturated heterocycles. The van der Waals surface area contributed by atoms with Crippen LogP contribution in [0.15, 0.2) is 24.3 Å². The molecular formula is C18H31N3. The van der Waals surface area contributed by atoms with Crippen LogP contribution < -0.4 is 5.32 Å². The number of piperazine rings is 1. The predicted octanol–water partition coefficient (Wildman–Crippen LogP) is 2.36. The average Bonchev–Trinajstić information content (AvgIpc) is 2.46. The minimum Gasteiger partial charge on any atom is -0.319 e. The second-order valence-electron chi connectivity index (χ2n) is 7.10. The molecule has 0 atom stereocenters. The number of hydrogen-bond acceptors (Lipinski definition) is 3. The first-order valence-electron chi connectivity index (χ1n) is 8.19. The highest BCUT2D eigenvalue weighted by molar-refractivity contribution is 5.22. The van der Waals surface area contributed by atoms with Crippen molar-refractivity contribution in [3.05, 3.63) is 35.4 Å². The number of hydrogen-bond donors (Lipinski definition) is 1. The molecule has 1 aromatic rings. The van der Waals surface area contributed by atoms with E-state index in [1.54, 1.807) is 0 Å². The van der Waals surface area contributed by atoms with Crippen LogP contribution in [0.2, 0.25) is 0 Å². The lowest BCUT2D eigenvalue weighted by Gasteiger charge is -2.42. The Morgan fingerprint density at radius 2 is 1.52 bits per heavy atom. The summed E-state index contributed by atoms with van der Waals surface area (Å²) in [7, 11) is 2.01. The van der Waals surface area contributed by atoms with Crippen molar-refractivity contribution >= 4 is 0 Å². The fourth-order valence-electron chi connectivity index (χ4n) is 2.92. The van der Waals surface area contributed by atoms with Gasteiger partial charge in [0.1, 0.15) is 0 Å². The summed E-state index contributed by atoms with van der Waals surface area (Å²) in [4.78, 5) is 5.16. The van der Waals surface area contributed by atoms with Crippen molar-refractivity contribution in [3.8, 4) is 0 Å². The molecule has 0 radical (unpaired) electrons. The van der Waals surface area contributed by atoms with Crippen molar-refractivity contribution < 1.29 is 0 Å². The molecule has 1 aliphatic heterocycles. The second kappa shape index (κ2) is 7.39. The van der Waals surface area contributed by atoms with E-state index >= 15 is 0 Å². The molecule has 0 saturated carbocycles. The Hall–Kier alpha value is -0.900. The lowest BCUT2D eigenvalue weighted by atomic mass is 10.0. The Morgan fingerprint density at radius 3 is 2.05 bits per heavy atom. The number of benzene rings is 1. The molecule has 1 aromatic carbocycles. The maximum Gasteiger partial charge on any atom is 0.0234 e. The van der Waals surface area contributed by atoms with Crippen LogP contribution in [-0.4, -0.2) is 55.1 Å². The van der Waals surface area contributed by atoms with Gasteiger partial charge >= 0.3 is 0 Å². The molecule has 3 nitrogen and oxygen atoms in total. The van der Waals surface area contributed by atoms with E-state index in [2.05, 4.69) is 60.2 Å². The summed E-state index contributed by atoms with van der Waals surface area (Å²) in [5.41, 5.74) is 3.17. The number of nitrogens with one attached hydrogen (secondary N) is 1. The van der Waals surface area contributed by atoms with Crippen molar-refractivity contribution in [2.24, 2.45) is 0 Å². The van der Waals surface area contributed by atoms with Crippen molar-refractivity contribution in [3.63, 3.8) is 0 Å². The van der Waals surface area contributed by atoms with Gasteiger partial charge in [-0.1, -0.05) is 24.3 Å². The van der Waals surface area contributed by atoms with Crippen LogP contribution in [0, 0.1) is 0 Å². The number of rotatable bonds is 5. The molecule has 118 valence electrons. The molecule has 2 rings (SSSR count). The minimum atomic E-state index is 0.307. The van der Waals surface area contributed by atoms with Crippen LogP contribution in [-0.2, 0) is 13.0 Å². The summed E-state index contributed by atoms with van der Waals surface area (Å²) in [6.45, 7) is 13.8. The van der Waals surface area contributed by atoms with Gasteiger partial charge in [-0.05, 0) is 51.9 Å². The van der Waals surface area contributed by atoms with E-state index in [4.69, 9.17) is 0 Å². The molecule has 1 N–H and O–H groups in total. The van der Waals surface area contributed by atoms with E-state index in [-0.39, 0.29) is 0 Å². The zero-order valence-electron chi connectivity index (χ0n) is 14.2. The molecule has 1 aliphatic rings. The summed E-state index contributed by atoms with van der Waals surface area (Å²) < 4.78 is 0. The fourth-order valence-corrected chi connectivity index (χ4v) is 2.92. The Labute approximate surface area is 130 Å². The highest BCUT2D eigenvalue weighted by Crippen LogP contribution is 2.17. The van der Waals surface area contributed by atoms with Crippen LogP contribution in [0.4, 0.5) is 0 Å². The van der Waals surface area contributed by atoms with E-state index in [9.17, 15) is 0 Å². The largest absolute Gasteiger partial charge is 0.319 e. The van der Waals surface area contributed by atoms with Crippen molar-refractivity contribution in [2.45, 2.75) is 39.3 Å². The first-order valence-corrected chi connectivity index (χ1v) is 8.19. The lowest BCUT2D eigenvalue weighted by Crippen LogP contribution is -2.53. The monoisotopic (exact) mass is 289 g/mol. The SMILES string of the molecule is CNCCc1ccc(CN2CCN(C(C)(C)C)CC2)cc1. The molecule has 3 heteroatoms. The van der Waals surface area contributed by atoms with Crippen LogP contribution in [0.5, 0.6) is 0 Å². The highest BCUT2D eigenvalue weighted by Gasteiger charge is 2.25. The zero-order chi connectivity index (χ0) is 15.3. The fraction of sp³-hybridized carbons (Fsp3) is 0.667. The third kappa shape index (κ3) is 5.10. The van der Waals surface area contributed by atoms with E-state index in [1.807, 2.05) is 7.05 Å². The zero-order valence-corrected chi connectivity index (χ0v) is 14.2. The number of nitrogens with zero attached hydrogens (tertiary/aromatic N) is 2. The Morgan fingerprint density at radius 1 is 0.952 bits per heavy atom. The maximum atomic E-state index is 3.20. The van der Waals surface area contributed by atoms with Crippen LogP contribution in [0.1, 0.15) is 31.9 Å². The maximum absolute atomic E-state index is 3.20. The number of likely N-dealkylation sites (N-methyl/N-ethyl adjacent to an activating group) is 1. The first-order chi connectivity index (χ1) is 9.99. The Bertz CT molecular complexity index is 411. The summed E-state index contributed by atoms with van der Waals surface area (Å²) in [6, 6.07) is 9.14. The van der Waals surface area contributed by atoms with Gasteiger partial charge in [0.15, 0.2) is 0 Å². The second-order valence-corrected chi connectivity index (χ2v) is 7.10. The quantitative estimate of drug-likeness (QED) is 0.898. The van der Waals surface area contributed by atoms with Gasteiger partial charge in [0.25, 0.3) is 0 Å². The molecule has 1 fully saturated rings. The van der Waals surface area contributed by atoms with E-state index in [1.165, 1.54) is 37.3 Å². The summed E-state index contributed by atoms with van der Waals surface area (Å²) in [6.07, 6.45) is 1.11. The standard InChI is InChI=1S/C18H31N3/c1-18(2,3)21-13-11-20(12-14-21)15-17-7-5-16(6-8-17)9-10-19-4/h5-8,19H,9-15H2,1-4H3. The van der Waals surface area contributed by atoms with Crippen molar-refractivity contribution in [1.29, 1.82) is 0 Å². The van der Waals surface area contributed by atoms with Gasteiger partial charge < -0.3 is 5.32 Å². The van der Waals surface area contributed by atoms with Crippen molar-refractivity contribution in [1.82, 2.24) is 15.1 Å². The smallest absolute Gasteiger partial charge is 0.0234 e. The van der Waals surface area contributed by atoms with Gasteiger partial charge in [0.05, 0.1) is 0 Å². The molecular weight excluding hydrogens is 258 g/mol. The first kappa shape index (κ1) is 16.5.